The number of alkyl halides is 3. The van der Waals surface area contributed by atoms with Crippen LogP contribution in [0.25, 0.3) is 10.9 Å². The van der Waals surface area contributed by atoms with Gasteiger partial charge in [-0.2, -0.15) is 25.8 Å². The fraction of sp³-hybridized carbons (Fsp3) is 0.375. The zero-order valence-electron chi connectivity index (χ0n) is 18.8. The van der Waals surface area contributed by atoms with Crippen LogP contribution in [0.15, 0.2) is 36.5 Å². The summed E-state index contributed by atoms with van der Waals surface area (Å²) in [6.07, 6.45) is -0.489. The first-order valence-corrected chi connectivity index (χ1v) is 12.2. The Labute approximate surface area is 204 Å². The van der Waals surface area contributed by atoms with Crippen molar-refractivity contribution in [2.24, 2.45) is 5.73 Å². The summed E-state index contributed by atoms with van der Waals surface area (Å²) in [6.45, 7) is 3.92. The first-order valence-electron chi connectivity index (χ1n) is 11.0. The number of ether oxygens (including phenoxy) is 1. The third-order valence-electron chi connectivity index (χ3n) is 5.71. The summed E-state index contributed by atoms with van der Waals surface area (Å²) in [4.78, 5) is 15.2. The smallest absolute Gasteiger partial charge is 0.416 e. The summed E-state index contributed by atoms with van der Waals surface area (Å²) < 4.78 is 44.5. The minimum absolute atomic E-state index is 0.0633. The minimum atomic E-state index is -4.40. The molecule has 0 aliphatic carbocycles. The third kappa shape index (κ3) is 6.26. The number of benzene rings is 2. The quantitative estimate of drug-likeness (QED) is 0.294. The molecule has 1 aromatic heterocycles. The molecule has 2 heterocycles. The highest BCUT2D eigenvalue weighted by Crippen LogP contribution is 2.35. The average molecular weight is 512 g/mol. The summed E-state index contributed by atoms with van der Waals surface area (Å²) in [7, 11) is 2.31. The number of H-pyrrole nitrogens is 1. The molecular formula is C24H29F3N3O2PS. The Morgan fingerprint density at radius 2 is 1.91 bits per heavy atom. The van der Waals surface area contributed by atoms with Crippen LogP contribution in [0.5, 0.6) is 5.75 Å². The van der Waals surface area contributed by atoms with E-state index in [4.69, 9.17) is 10.5 Å². The second kappa shape index (κ2) is 11.5. The number of thiol groups is 1. The van der Waals surface area contributed by atoms with E-state index in [0.717, 1.165) is 54.8 Å². The molecule has 0 bridgehead atoms. The molecule has 0 saturated carbocycles. The Balaban J connectivity index is 0.00000103. The van der Waals surface area contributed by atoms with Crippen LogP contribution in [0.2, 0.25) is 0 Å². The van der Waals surface area contributed by atoms with Crippen LogP contribution in [0, 0.1) is 0 Å². The molecule has 3 aromatic rings. The summed E-state index contributed by atoms with van der Waals surface area (Å²) >= 11 is 3.79. The van der Waals surface area contributed by atoms with E-state index in [-0.39, 0.29) is 6.61 Å². The SMILES string of the molecule is CCS.NC(=O)c1cc(OCc2ccc(C(F)(F)F)cc2P)cc2c(C3CCNCC3)c[nH]c12. The van der Waals surface area contributed by atoms with Crippen LogP contribution in [-0.2, 0) is 12.8 Å². The maximum absolute atomic E-state index is 12.9. The lowest BCUT2D eigenvalue weighted by molar-refractivity contribution is -0.137. The van der Waals surface area contributed by atoms with Crippen LogP contribution in [0.3, 0.4) is 0 Å². The Morgan fingerprint density at radius 3 is 2.50 bits per heavy atom. The van der Waals surface area contributed by atoms with Crippen molar-refractivity contribution in [2.45, 2.75) is 38.5 Å². The highest BCUT2D eigenvalue weighted by Gasteiger charge is 2.30. The van der Waals surface area contributed by atoms with Gasteiger partial charge in [0.1, 0.15) is 12.4 Å². The second-order valence-electron chi connectivity index (χ2n) is 8.04. The largest absolute Gasteiger partial charge is 0.489 e. The van der Waals surface area contributed by atoms with Gasteiger partial charge >= 0.3 is 6.18 Å². The van der Waals surface area contributed by atoms with E-state index in [2.05, 4.69) is 32.2 Å². The van der Waals surface area contributed by atoms with Crippen molar-refractivity contribution in [3.63, 3.8) is 0 Å². The van der Waals surface area contributed by atoms with Crippen LogP contribution in [0.4, 0.5) is 13.2 Å². The first kappa shape index (κ1) is 26.4. The van der Waals surface area contributed by atoms with Crippen molar-refractivity contribution < 1.29 is 22.7 Å². The lowest BCUT2D eigenvalue weighted by Crippen LogP contribution is -2.26. The number of halogens is 3. The van der Waals surface area contributed by atoms with E-state index in [0.29, 0.717) is 33.6 Å². The number of nitrogens with two attached hydrogens (primary N) is 1. The number of carbonyl (C=O) groups excluding carboxylic acids is 1. The molecule has 184 valence electrons. The Bertz CT molecular complexity index is 1140. The number of aromatic nitrogens is 1. The molecule has 5 nitrogen and oxygen atoms in total. The number of piperidine rings is 1. The number of carbonyl (C=O) groups is 1. The van der Waals surface area contributed by atoms with Crippen molar-refractivity contribution in [1.29, 1.82) is 0 Å². The van der Waals surface area contributed by atoms with Crippen LogP contribution < -0.4 is 21.1 Å². The number of amides is 1. The number of aromatic amines is 1. The van der Waals surface area contributed by atoms with Gasteiger partial charge in [-0.3, -0.25) is 4.79 Å². The Hall–Kier alpha value is -2.22. The van der Waals surface area contributed by atoms with Crippen LogP contribution >= 0.6 is 21.9 Å². The first-order chi connectivity index (χ1) is 16.2. The zero-order chi connectivity index (χ0) is 24.9. The molecule has 0 spiro atoms. The monoisotopic (exact) mass is 511 g/mol. The molecule has 1 aliphatic rings. The van der Waals surface area contributed by atoms with Gasteiger partial charge in [-0.15, -0.1) is 9.24 Å². The Morgan fingerprint density at radius 1 is 1.24 bits per heavy atom. The molecule has 34 heavy (non-hydrogen) atoms. The Kier molecular flexibility index (Phi) is 8.90. The van der Waals surface area contributed by atoms with Gasteiger partial charge in [0.05, 0.1) is 16.6 Å². The molecule has 1 atom stereocenters. The summed E-state index contributed by atoms with van der Waals surface area (Å²) in [5.41, 5.74) is 7.60. The van der Waals surface area contributed by atoms with Gasteiger partial charge in [-0.25, -0.2) is 0 Å². The third-order valence-corrected chi connectivity index (χ3v) is 6.24. The van der Waals surface area contributed by atoms with E-state index in [1.807, 2.05) is 19.2 Å². The standard InChI is InChI=1S/C22H23F3N3O2P.C2H6S/c23-22(24,25)14-2-1-13(19(31)7-14)11-30-15-8-16-18(12-3-5-27-6-4-12)10-28-20(16)17(9-15)21(26)29;1-2-3/h1-2,7-10,12,27-28H,3-6,11,31H2,(H2,26,29);3H,2H2,1H3. The highest BCUT2D eigenvalue weighted by atomic mass is 32.1. The van der Waals surface area contributed by atoms with Crippen molar-refractivity contribution in [3.05, 3.63) is 58.8 Å². The van der Waals surface area contributed by atoms with E-state index in [9.17, 15) is 18.0 Å². The summed E-state index contributed by atoms with van der Waals surface area (Å²) in [5.74, 6) is 1.18. The molecule has 1 fully saturated rings. The van der Waals surface area contributed by atoms with Crippen LogP contribution in [-0.4, -0.2) is 29.7 Å². The lowest BCUT2D eigenvalue weighted by Gasteiger charge is -2.22. The van der Waals surface area contributed by atoms with Gasteiger partial charge < -0.3 is 20.8 Å². The summed E-state index contributed by atoms with van der Waals surface area (Å²) in [6, 6.07) is 6.94. The zero-order valence-corrected chi connectivity index (χ0v) is 20.9. The predicted molar refractivity (Wildman–Crippen MR) is 136 cm³/mol. The molecule has 1 saturated heterocycles. The number of hydrogen-bond acceptors (Lipinski definition) is 4. The van der Waals surface area contributed by atoms with Gasteiger partial charge in [0, 0.05) is 11.6 Å². The number of hydrogen-bond donors (Lipinski definition) is 4. The van der Waals surface area contributed by atoms with Gasteiger partial charge in [0.2, 0.25) is 0 Å². The molecule has 2 aromatic carbocycles. The second-order valence-corrected chi connectivity index (χ2v) is 9.30. The van der Waals surface area contributed by atoms with Gasteiger partial charge in [-0.05, 0) is 78.3 Å². The maximum Gasteiger partial charge on any atom is 0.416 e. The number of primary amides is 1. The molecule has 4 rings (SSSR count). The molecule has 0 radical (unpaired) electrons. The molecule has 1 aliphatic heterocycles. The number of nitrogens with one attached hydrogen (secondary N) is 2. The van der Waals surface area contributed by atoms with E-state index < -0.39 is 17.6 Å². The lowest BCUT2D eigenvalue weighted by atomic mass is 9.89. The maximum atomic E-state index is 12.9. The van der Waals surface area contributed by atoms with Crippen molar-refractivity contribution >= 4 is 44.0 Å². The van der Waals surface area contributed by atoms with Crippen molar-refractivity contribution in [1.82, 2.24) is 10.3 Å². The summed E-state index contributed by atoms with van der Waals surface area (Å²) in [5, 5.41) is 4.63. The molecule has 10 heteroatoms. The molecule has 1 unspecified atom stereocenters. The molecule has 4 N–H and O–H groups in total. The van der Waals surface area contributed by atoms with Gasteiger partial charge in [0.15, 0.2) is 0 Å². The normalized spacial score (nSPS) is 14.5. The van der Waals surface area contributed by atoms with Crippen molar-refractivity contribution in [2.75, 3.05) is 18.8 Å². The van der Waals surface area contributed by atoms with Gasteiger partial charge in [0.25, 0.3) is 5.91 Å². The minimum Gasteiger partial charge on any atom is -0.489 e. The molecular weight excluding hydrogens is 482 g/mol. The van der Waals surface area contributed by atoms with Crippen molar-refractivity contribution in [3.8, 4) is 5.75 Å². The van der Waals surface area contributed by atoms with E-state index >= 15 is 0 Å². The number of rotatable bonds is 5. The van der Waals surface area contributed by atoms with Crippen LogP contribution in [0.1, 0.15) is 52.7 Å². The van der Waals surface area contributed by atoms with E-state index in [1.54, 1.807) is 6.07 Å². The fourth-order valence-electron chi connectivity index (χ4n) is 4.04. The fourth-order valence-corrected chi connectivity index (χ4v) is 4.40. The highest BCUT2D eigenvalue weighted by molar-refractivity contribution is 7.80. The van der Waals surface area contributed by atoms with E-state index in [1.165, 1.54) is 6.07 Å². The average Bonchev–Trinajstić information content (AvgIpc) is 3.22. The molecule has 1 amide bonds. The predicted octanol–water partition coefficient (Wildman–Crippen LogP) is 4.77. The topological polar surface area (TPSA) is 80.1 Å². The van der Waals surface area contributed by atoms with Gasteiger partial charge in [-0.1, -0.05) is 13.0 Å². The number of fused-ring (bicyclic) bond motifs is 1.